The second-order valence-electron chi connectivity index (χ2n) is 12.0. The Morgan fingerprint density at radius 2 is 1.84 bits per heavy atom. The average molecular weight is 618 g/mol. The van der Waals surface area contributed by atoms with Gasteiger partial charge in [-0.25, -0.2) is 14.6 Å². The monoisotopic (exact) mass is 617 g/mol. The second-order valence-corrected chi connectivity index (χ2v) is 12.0. The van der Waals surface area contributed by atoms with E-state index in [1.165, 1.54) is 11.0 Å². The minimum atomic E-state index is -4.97. The number of rotatable bonds is 5. The van der Waals surface area contributed by atoms with Crippen LogP contribution in [0.15, 0.2) is 41.3 Å². The van der Waals surface area contributed by atoms with E-state index in [-0.39, 0.29) is 42.2 Å². The number of likely N-dealkylation sites (tertiary alicyclic amines) is 1. The largest absolute Gasteiger partial charge is 0.573 e. The smallest absolute Gasteiger partial charge is 0.444 e. The number of halogens is 3. The Balaban J connectivity index is 1.35. The number of pyridine rings is 1. The molecule has 1 aliphatic carbocycles. The molecule has 0 saturated carbocycles. The molecule has 2 amide bonds. The summed E-state index contributed by atoms with van der Waals surface area (Å²) in [5.74, 6) is -1.11. The van der Waals surface area contributed by atoms with Gasteiger partial charge in [0.1, 0.15) is 11.4 Å². The molecule has 1 aromatic carbocycles. The summed E-state index contributed by atoms with van der Waals surface area (Å²) in [6.07, 6.45) is 0.219. The van der Waals surface area contributed by atoms with Crippen molar-refractivity contribution >= 4 is 34.4 Å². The third kappa shape index (κ3) is 7.24. The summed E-state index contributed by atoms with van der Waals surface area (Å²) >= 11 is 0. The number of hydrogen-bond acceptors (Lipinski definition) is 7. The highest BCUT2D eigenvalue weighted by Crippen LogP contribution is 2.32. The molecule has 2 aliphatic rings. The van der Waals surface area contributed by atoms with E-state index in [2.05, 4.69) is 20.0 Å². The number of H-pyrrole nitrogens is 1. The van der Waals surface area contributed by atoms with Gasteiger partial charge in [0.05, 0.1) is 22.9 Å². The number of aliphatic hydroxyl groups excluding tert-OH is 1. The molecule has 1 fully saturated rings. The Morgan fingerprint density at radius 1 is 1.11 bits per heavy atom. The fraction of sp³-hybridized carbons (Fsp3) is 0.467. The van der Waals surface area contributed by atoms with Gasteiger partial charge in [-0.05, 0) is 82.2 Å². The molecule has 0 bridgehead atoms. The summed E-state index contributed by atoms with van der Waals surface area (Å²) in [6.45, 7) is 5.39. The lowest BCUT2D eigenvalue weighted by atomic mass is 9.93. The molecule has 2 aromatic heterocycles. The second kappa shape index (κ2) is 12.0. The molecule has 14 heteroatoms. The fourth-order valence-electron chi connectivity index (χ4n) is 5.55. The zero-order valence-corrected chi connectivity index (χ0v) is 24.5. The lowest BCUT2D eigenvalue weighted by molar-refractivity contribution is -0.274. The van der Waals surface area contributed by atoms with Crippen LogP contribution in [0.4, 0.5) is 23.7 Å². The number of nitrogens with zero attached hydrogens (tertiary/aromatic N) is 3. The molecule has 0 spiro atoms. The van der Waals surface area contributed by atoms with Crippen molar-refractivity contribution in [2.75, 3.05) is 18.4 Å². The Bertz CT molecular complexity index is 1650. The third-order valence-corrected chi connectivity index (χ3v) is 7.53. The predicted octanol–water partition coefficient (Wildman–Crippen LogP) is 5.38. The van der Waals surface area contributed by atoms with Crippen LogP contribution in [0.1, 0.15) is 74.8 Å². The number of carbonyl (C=O) groups excluding carboxylic acids is 2. The van der Waals surface area contributed by atoms with Crippen molar-refractivity contribution in [2.24, 2.45) is 0 Å². The van der Waals surface area contributed by atoms with E-state index in [1.807, 2.05) is 12.1 Å². The summed E-state index contributed by atoms with van der Waals surface area (Å²) in [5.41, 5.74) is 1.62. The molecule has 1 aliphatic heterocycles. The molecule has 1 atom stereocenters. The van der Waals surface area contributed by atoms with Gasteiger partial charge in [0.25, 0.3) is 5.91 Å². The summed E-state index contributed by atoms with van der Waals surface area (Å²) in [5, 5.41) is 12.2. The van der Waals surface area contributed by atoms with Crippen molar-refractivity contribution in [2.45, 2.75) is 77.0 Å². The maximum absolute atomic E-state index is 13.6. The Morgan fingerprint density at radius 3 is 2.48 bits per heavy atom. The quantitative estimate of drug-likeness (QED) is 0.350. The number of aromatic amines is 1. The van der Waals surface area contributed by atoms with Gasteiger partial charge >= 0.3 is 18.1 Å². The number of anilines is 1. The highest BCUT2D eigenvalue weighted by molar-refractivity contribution is 6.03. The van der Waals surface area contributed by atoms with Crippen LogP contribution in [-0.4, -0.2) is 67.7 Å². The van der Waals surface area contributed by atoms with E-state index < -0.39 is 29.7 Å². The molecule has 5 rings (SSSR count). The van der Waals surface area contributed by atoms with E-state index in [0.717, 1.165) is 23.3 Å². The maximum atomic E-state index is 13.6. The van der Waals surface area contributed by atoms with Crippen LogP contribution in [0.25, 0.3) is 16.7 Å². The van der Waals surface area contributed by atoms with Gasteiger partial charge < -0.3 is 19.5 Å². The Hall–Kier alpha value is -4.33. The van der Waals surface area contributed by atoms with Crippen LogP contribution in [-0.2, 0) is 4.74 Å². The minimum Gasteiger partial charge on any atom is -0.444 e. The van der Waals surface area contributed by atoms with Gasteiger partial charge in [0.2, 0.25) is 0 Å². The number of alkyl halides is 3. The first-order chi connectivity index (χ1) is 20.7. The van der Waals surface area contributed by atoms with Gasteiger partial charge in [-0.1, -0.05) is 6.08 Å². The highest BCUT2D eigenvalue weighted by Gasteiger charge is 2.33. The molecule has 1 saturated heterocycles. The molecule has 44 heavy (non-hydrogen) atoms. The van der Waals surface area contributed by atoms with Crippen molar-refractivity contribution in [3.63, 3.8) is 0 Å². The van der Waals surface area contributed by atoms with Gasteiger partial charge in [-0.15, -0.1) is 13.2 Å². The first kappa shape index (κ1) is 31.1. The Labute approximate surface area is 250 Å². The summed E-state index contributed by atoms with van der Waals surface area (Å²) < 4.78 is 49.5. The van der Waals surface area contributed by atoms with Gasteiger partial charge in [0.15, 0.2) is 5.65 Å². The fourth-order valence-corrected chi connectivity index (χ4v) is 5.55. The van der Waals surface area contributed by atoms with Crippen LogP contribution < -0.4 is 15.7 Å². The number of ether oxygens (including phenoxy) is 2. The number of fused-ring (bicyclic) bond motifs is 1. The molecular formula is C30H34F3N5O6. The van der Waals surface area contributed by atoms with Crippen LogP contribution in [0.3, 0.4) is 0 Å². The number of aromatic nitrogens is 3. The van der Waals surface area contributed by atoms with Crippen molar-refractivity contribution in [1.82, 2.24) is 19.4 Å². The summed E-state index contributed by atoms with van der Waals surface area (Å²) in [7, 11) is 0. The third-order valence-electron chi connectivity index (χ3n) is 7.53. The number of nitrogens with one attached hydrogen (secondary N) is 2. The number of imidazole rings is 1. The van der Waals surface area contributed by atoms with Gasteiger partial charge in [0, 0.05) is 31.4 Å². The number of hydrogen-bond donors (Lipinski definition) is 3. The van der Waals surface area contributed by atoms with Gasteiger partial charge in [-0.2, -0.15) is 0 Å². The van der Waals surface area contributed by atoms with Crippen LogP contribution in [0, 0.1) is 0 Å². The molecular weight excluding hydrogens is 583 g/mol. The molecule has 0 radical (unpaired) electrons. The standard InChI is InChI=1S/C30H34F3N5O6/c1-29(2,3)44-28(42)35-23-15-21(43-30(31,32)33)8-9-22(23)26(40)37-12-10-19(11-13-37)38-24-14-18(16-34-25(24)36-27(38)41)17-4-6-20(39)7-5-17/h4,8-9,14-16,19-20,39H,5-7,10-13H2,1-3H3,(H,35,42)(H,34,36,41). The number of allylic oxidation sites excluding steroid dienone is 1. The van der Waals surface area contributed by atoms with E-state index >= 15 is 0 Å². The number of amides is 2. The normalized spacial score (nSPS) is 18.2. The van der Waals surface area contributed by atoms with E-state index in [1.54, 1.807) is 31.5 Å². The number of carbonyl (C=O) groups is 2. The Kier molecular flexibility index (Phi) is 8.47. The van der Waals surface area contributed by atoms with E-state index in [4.69, 9.17) is 4.74 Å². The molecule has 3 aromatic rings. The van der Waals surface area contributed by atoms with Crippen LogP contribution >= 0.6 is 0 Å². The minimum absolute atomic E-state index is 0.0344. The molecule has 11 nitrogen and oxygen atoms in total. The molecule has 3 N–H and O–H groups in total. The number of benzene rings is 1. The lowest BCUT2D eigenvalue weighted by Crippen LogP contribution is -2.40. The van der Waals surface area contributed by atoms with Crippen molar-refractivity contribution in [3.05, 3.63) is 58.1 Å². The maximum Gasteiger partial charge on any atom is 0.573 e. The predicted molar refractivity (Wildman–Crippen MR) is 155 cm³/mol. The zero-order chi connectivity index (χ0) is 31.8. The summed E-state index contributed by atoms with van der Waals surface area (Å²) in [6, 6.07) is 4.78. The van der Waals surface area contributed by atoms with Gasteiger partial charge in [-0.3, -0.25) is 19.7 Å². The van der Waals surface area contributed by atoms with E-state index in [0.29, 0.717) is 43.3 Å². The lowest BCUT2D eigenvalue weighted by Gasteiger charge is -2.33. The first-order valence-corrected chi connectivity index (χ1v) is 14.3. The molecule has 1 unspecified atom stereocenters. The van der Waals surface area contributed by atoms with Crippen LogP contribution in [0.2, 0.25) is 0 Å². The van der Waals surface area contributed by atoms with Crippen LogP contribution in [0.5, 0.6) is 5.75 Å². The van der Waals surface area contributed by atoms with Crippen molar-refractivity contribution in [1.29, 1.82) is 0 Å². The zero-order valence-electron chi connectivity index (χ0n) is 24.5. The van der Waals surface area contributed by atoms with Crippen molar-refractivity contribution < 1.29 is 37.3 Å². The number of aliphatic hydroxyl groups is 1. The highest BCUT2D eigenvalue weighted by atomic mass is 19.4. The van der Waals surface area contributed by atoms with Crippen molar-refractivity contribution in [3.8, 4) is 5.75 Å². The first-order valence-electron chi connectivity index (χ1n) is 14.3. The topological polar surface area (TPSA) is 139 Å². The average Bonchev–Trinajstić information content (AvgIpc) is 3.26. The summed E-state index contributed by atoms with van der Waals surface area (Å²) in [4.78, 5) is 47.8. The SMILES string of the molecule is CC(C)(C)OC(=O)Nc1cc(OC(F)(F)F)ccc1C(=O)N1CCC(n2c(=O)[nH]c3ncc(C4=CCC(O)CC4)cc32)CC1. The molecule has 236 valence electrons. The number of piperidine rings is 1. The van der Waals surface area contributed by atoms with E-state index in [9.17, 15) is 32.7 Å². The molecule has 3 heterocycles.